The van der Waals surface area contributed by atoms with E-state index in [0.29, 0.717) is 6.04 Å². The highest BCUT2D eigenvalue weighted by molar-refractivity contribution is 5.72. The molecule has 3 heteroatoms. The fourth-order valence-electron chi connectivity index (χ4n) is 2.53. The van der Waals surface area contributed by atoms with E-state index in [4.69, 9.17) is 10.5 Å². The van der Waals surface area contributed by atoms with Gasteiger partial charge >= 0.3 is 0 Å². The molecule has 2 rings (SSSR count). The predicted molar refractivity (Wildman–Crippen MR) is 72.4 cm³/mol. The number of hydrogen-bond donors (Lipinski definition) is 1. The van der Waals surface area contributed by atoms with E-state index in [1.165, 1.54) is 11.3 Å². The zero-order valence-corrected chi connectivity index (χ0v) is 10.9. The number of nitrogens with zero attached hydrogens (tertiary/aromatic N) is 1. The number of nitrogen functional groups attached to an aromatic ring is 1. The summed E-state index contributed by atoms with van der Waals surface area (Å²) in [5, 5.41) is 0. The van der Waals surface area contributed by atoms with Gasteiger partial charge in [0.25, 0.3) is 0 Å². The number of ether oxygens (including phenoxy) is 1. The van der Waals surface area contributed by atoms with Gasteiger partial charge in [0, 0.05) is 6.54 Å². The third-order valence-corrected chi connectivity index (χ3v) is 3.50. The number of anilines is 2. The minimum Gasteiger partial charge on any atom is -0.397 e. The van der Waals surface area contributed by atoms with Gasteiger partial charge in [0.2, 0.25) is 0 Å². The second-order valence-corrected chi connectivity index (χ2v) is 4.87. The van der Waals surface area contributed by atoms with E-state index in [0.717, 1.165) is 25.3 Å². The lowest BCUT2D eigenvalue weighted by molar-refractivity contribution is 0.0300. The molecule has 0 amide bonds. The van der Waals surface area contributed by atoms with Crippen LogP contribution in [-0.2, 0) is 4.74 Å². The Balaban J connectivity index is 2.35. The van der Waals surface area contributed by atoms with E-state index in [1.54, 1.807) is 0 Å². The summed E-state index contributed by atoms with van der Waals surface area (Å²) in [6.07, 6.45) is 1.36. The molecule has 17 heavy (non-hydrogen) atoms. The van der Waals surface area contributed by atoms with Crippen LogP contribution in [0.5, 0.6) is 0 Å². The lowest BCUT2D eigenvalue weighted by atomic mass is 10.1. The van der Waals surface area contributed by atoms with Crippen LogP contribution >= 0.6 is 0 Å². The maximum atomic E-state index is 6.13. The normalized spacial score (nSPS) is 25.0. The molecule has 0 saturated carbocycles. The van der Waals surface area contributed by atoms with Crippen molar-refractivity contribution in [3.05, 3.63) is 23.8 Å². The number of benzene rings is 1. The van der Waals surface area contributed by atoms with Crippen molar-refractivity contribution in [3.8, 4) is 0 Å². The molecule has 1 aliphatic heterocycles. The monoisotopic (exact) mass is 234 g/mol. The van der Waals surface area contributed by atoms with Gasteiger partial charge in [-0.25, -0.2) is 0 Å². The van der Waals surface area contributed by atoms with Gasteiger partial charge in [-0.3, -0.25) is 0 Å². The van der Waals surface area contributed by atoms with Gasteiger partial charge in [-0.2, -0.15) is 0 Å². The molecule has 1 fully saturated rings. The van der Waals surface area contributed by atoms with Crippen LogP contribution in [0, 0.1) is 6.92 Å². The average Bonchev–Trinajstić information content (AvgIpc) is 2.29. The average molecular weight is 234 g/mol. The van der Waals surface area contributed by atoms with E-state index < -0.39 is 0 Å². The Morgan fingerprint density at radius 1 is 1.47 bits per heavy atom. The number of hydrogen-bond acceptors (Lipinski definition) is 3. The largest absolute Gasteiger partial charge is 0.397 e. The van der Waals surface area contributed by atoms with E-state index in [2.05, 4.69) is 31.7 Å². The standard InChI is InChI=1S/C14H22N2O/c1-4-12-9-17-11(3)8-16(12)14-10(2)6-5-7-13(14)15/h5-7,11-12H,4,8-9,15H2,1-3H3. The Hall–Kier alpha value is -1.22. The van der Waals surface area contributed by atoms with E-state index >= 15 is 0 Å². The zero-order chi connectivity index (χ0) is 12.4. The van der Waals surface area contributed by atoms with Crippen molar-refractivity contribution in [2.45, 2.75) is 39.3 Å². The van der Waals surface area contributed by atoms with Crippen molar-refractivity contribution < 1.29 is 4.74 Å². The van der Waals surface area contributed by atoms with Crippen LogP contribution in [0.25, 0.3) is 0 Å². The van der Waals surface area contributed by atoms with Crippen molar-refractivity contribution in [3.63, 3.8) is 0 Å². The number of nitrogens with two attached hydrogens (primary N) is 1. The van der Waals surface area contributed by atoms with E-state index in [1.807, 2.05) is 12.1 Å². The molecule has 0 spiro atoms. The molecular formula is C14H22N2O. The molecule has 0 aromatic heterocycles. The highest BCUT2D eigenvalue weighted by atomic mass is 16.5. The van der Waals surface area contributed by atoms with Gasteiger partial charge in [-0.05, 0) is 31.9 Å². The maximum Gasteiger partial charge on any atom is 0.0723 e. The Bertz CT molecular complexity index is 372. The van der Waals surface area contributed by atoms with Gasteiger partial charge in [0.15, 0.2) is 0 Å². The molecule has 0 radical (unpaired) electrons. The number of para-hydroxylation sites is 1. The van der Waals surface area contributed by atoms with Crippen molar-refractivity contribution in [1.82, 2.24) is 0 Å². The lowest BCUT2D eigenvalue weighted by Crippen LogP contribution is -2.49. The smallest absolute Gasteiger partial charge is 0.0723 e. The van der Waals surface area contributed by atoms with Gasteiger partial charge in [-0.15, -0.1) is 0 Å². The third-order valence-electron chi connectivity index (χ3n) is 3.50. The Morgan fingerprint density at radius 3 is 2.88 bits per heavy atom. The van der Waals surface area contributed by atoms with Crippen LogP contribution in [-0.4, -0.2) is 25.3 Å². The topological polar surface area (TPSA) is 38.5 Å². The molecule has 1 saturated heterocycles. The summed E-state index contributed by atoms with van der Waals surface area (Å²) in [4.78, 5) is 2.42. The SMILES string of the molecule is CCC1COC(C)CN1c1c(C)cccc1N. The van der Waals surface area contributed by atoms with Crippen LogP contribution < -0.4 is 10.6 Å². The van der Waals surface area contributed by atoms with E-state index in [9.17, 15) is 0 Å². The summed E-state index contributed by atoms with van der Waals surface area (Å²) in [7, 11) is 0. The first kappa shape index (κ1) is 12.2. The summed E-state index contributed by atoms with van der Waals surface area (Å²) in [5.74, 6) is 0. The van der Waals surface area contributed by atoms with Crippen LogP contribution in [0.4, 0.5) is 11.4 Å². The molecule has 1 heterocycles. The highest BCUT2D eigenvalue weighted by Crippen LogP contribution is 2.31. The van der Waals surface area contributed by atoms with Gasteiger partial charge in [-0.1, -0.05) is 19.1 Å². The molecular weight excluding hydrogens is 212 g/mol. The van der Waals surface area contributed by atoms with E-state index in [-0.39, 0.29) is 6.10 Å². The van der Waals surface area contributed by atoms with Crippen molar-refractivity contribution in [2.75, 3.05) is 23.8 Å². The number of rotatable bonds is 2. The maximum absolute atomic E-state index is 6.13. The molecule has 2 N–H and O–H groups in total. The molecule has 2 unspecified atom stereocenters. The van der Waals surface area contributed by atoms with Gasteiger partial charge in [0.1, 0.15) is 0 Å². The lowest BCUT2D eigenvalue weighted by Gasteiger charge is -2.41. The summed E-state index contributed by atoms with van der Waals surface area (Å²) < 4.78 is 5.73. The quantitative estimate of drug-likeness (QED) is 0.799. The fraction of sp³-hybridized carbons (Fsp3) is 0.571. The summed E-state index contributed by atoms with van der Waals surface area (Å²) in [6, 6.07) is 6.56. The highest BCUT2D eigenvalue weighted by Gasteiger charge is 2.27. The van der Waals surface area contributed by atoms with Crippen LogP contribution in [0.2, 0.25) is 0 Å². The molecule has 2 atom stereocenters. The second kappa shape index (κ2) is 4.96. The van der Waals surface area contributed by atoms with Gasteiger partial charge in [0.05, 0.1) is 30.1 Å². The molecule has 94 valence electrons. The molecule has 1 aromatic rings. The van der Waals surface area contributed by atoms with Gasteiger partial charge < -0.3 is 15.4 Å². The Morgan fingerprint density at radius 2 is 2.24 bits per heavy atom. The van der Waals surface area contributed by atoms with Crippen molar-refractivity contribution >= 4 is 11.4 Å². The minimum atomic E-state index is 0.275. The van der Waals surface area contributed by atoms with Crippen LogP contribution in [0.15, 0.2) is 18.2 Å². The first-order valence-electron chi connectivity index (χ1n) is 6.36. The first-order chi connectivity index (χ1) is 8.13. The summed E-state index contributed by atoms with van der Waals surface area (Å²) >= 11 is 0. The molecule has 3 nitrogen and oxygen atoms in total. The predicted octanol–water partition coefficient (Wildman–Crippen LogP) is 2.58. The fourth-order valence-corrected chi connectivity index (χ4v) is 2.53. The molecule has 1 aromatic carbocycles. The van der Waals surface area contributed by atoms with Crippen molar-refractivity contribution in [1.29, 1.82) is 0 Å². The minimum absolute atomic E-state index is 0.275. The molecule has 0 bridgehead atoms. The molecule has 0 aliphatic carbocycles. The van der Waals surface area contributed by atoms with Crippen LogP contribution in [0.1, 0.15) is 25.8 Å². The molecule has 1 aliphatic rings. The zero-order valence-electron chi connectivity index (χ0n) is 10.9. The summed E-state index contributed by atoms with van der Waals surface area (Å²) in [5.41, 5.74) is 9.44. The first-order valence-corrected chi connectivity index (χ1v) is 6.36. The Kier molecular flexibility index (Phi) is 3.57. The second-order valence-electron chi connectivity index (χ2n) is 4.87. The number of aryl methyl sites for hydroxylation is 1. The Labute approximate surface area is 104 Å². The van der Waals surface area contributed by atoms with Crippen molar-refractivity contribution in [2.24, 2.45) is 0 Å². The number of morpholine rings is 1. The third kappa shape index (κ3) is 2.39. The van der Waals surface area contributed by atoms with Crippen LogP contribution in [0.3, 0.4) is 0 Å². The summed E-state index contributed by atoms with van der Waals surface area (Å²) in [6.45, 7) is 8.16.